The van der Waals surface area contributed by atoms with Crippen LogP contribution in [0.5, 0.6) is 5.75 Å². The van der Waals surface area contributed by atoms with Gasteiger partial charge in [0.05, 0.1) is 12.0 Å². The lowest BCUT2D eigenvalue weighted by molar-refractivity contribution is 0.415. The molecule has 0 amide bonds. The third kappa shape index (κ3) is 6.21. The third-order valence-corrected chi connectivity index (χ3v) is 6.72. The molecule has 0 fully saturated rings. The SMILES string of the molecule is CC[C@@H](C)c1ccc(NC(=S)Nc2ccc(S(=O)(=O)Nc3ccc(OC)cc3)cc2)cc1. The topological polar surface area (TPSA) is 79.5 Å². The van der Waals surface area contributed by atoms with Crippen LogP contribution in [0.15, 0.2) is 77.7 Å². The average Bonchev–Trinajstić information content (AvgIpc) is 2.79. The van der Waals surface area contributed by atoms with E-state index >= 15 is 0 Å². The normalized spacial score (nSPS) is 12.0. The van der Waals surface area contributed by atoms with E-state index in [1.54, 1.807) is 43.5 Å². The molecule has 0 aliphatic rings. The Bertz CT molecular complexity index is 1140. The molecule has 0 radical (unpaired) electrons. The van der Waals surface area contributed by atoms with Crippen molar-refractivity contribution < 1.29 is 13.2 Å². The summed E-state index contributed by atoms with van der Waals surface area (Å²) in [6, 6.07) is 21.2. The monoisotopic (exact) mass is 469 g/mol. The number of nitrogens with one attached hydrogen (secondary N) is 3. The molecular formula is C24H27N3O3S2. The highest BCUT2D eigenvalue weighted by Crippen LogP contribution is 2.22. The number of benzene rings is 3. The second-order valence-electron chi connectivity index (χ2n) is 7.37. The lowest BCUT2D eigenvalue weighted by atomic mass is 9.99. The van der Waals surface area contributed by atoms with Crippen molar-refractivity contribution in [2.75, 3.05) is 22.5 Å². The van der Waals surface area contributed by atoms with E-state index in [0.29, 0.717) is 28.2 Å². The number of sulfonamides is 1. The molecule has 3 aromatic carbocycles. The molecule has 0 saturated heterocycles. The molecule has 0 heterocycles. The minimum atomic E-state index is -3.71. The maximum Gasteiger partial charge on any atom is 0.261 e. The van der Waals surface area contributed by atoms with Gasteiger partial charge in [0, 0.05) is 17.1 Å². The van der Waals surface area contributed by atoms with Crippen molar-refractivity contribution in [2.24, 2.45) is 0 Å². The summed E-state index contributed by atoms with van der Waals surface area (Å²) >= 11 is 5.38. The van der Waals surface area contributed by atoms with E-state index in [4.69, 9.17) is 17.0 Å². The van der Waals surface area contributed by atoms with Crippen molar-refractivity contribution >= 4 is 44.4 Å². The van der Waals surface area contributed by atoms with Gasteiger partial charge in [0.15, 0.2) is 5.11 Å². The number of hydrogen-bond acceptors (Lipinski definition) is 4. The fourth-order valence-electron chi connectivity index (χ4n) is 3.01. The van der Waals surface area contributed by atoms with Crippen LogP contribution >= 0.6 is 12.2 Å². The first-order chi connectivity index (χ1) is 15.3. The number of hydrogen-bond donors (Lipinski definition) is 3. The predicted molar refractivity (Wildman–Crippen MR) is 135 cm³/mol. The Balaban J connectivity index is 1.60. The van der Waals surface area contributed by atoms with Gasteiger partial charge in [-0.2, -0.15) is 0 Å². The fourth-order valence-corrected chi connectivity index (χ4v) is 4.31. The third-order valence-electron chi connectivity index (χ3n) is 5.11. The maximum absolute atomic E-state index is 12.6. The lowest BCUT2D eigenvalue weighted by Crippen LogP contribution is -2.19. The molecule has 3 rings (SSSR count). The molecule has 0 unspecified atom stereocenters. The second-order valence-corrected chi connectivity index (χ2v) is 9.46. The standard InChI is InChI=1S/C24H27N3O3S2/c1-4-17(2)18-5-7-19(8-6-18)25-24(31)26-20-11-15-23(16-12-20)32(28,29)27-21-9-13-22(30-3)14-10-21/h5-17,27H,4H2,1-3H3,(H2,25,26,31)/t17-/m1/s1. The van der Waals surface area contributed by atoms with E-state index in [0.717, 1.165) is 12.1 Å². The quantitative estimate of drug-likeness (QED) is 0.361. The number of thiocarbonyl (C=S) groups is 1. The van der Waals surface area contributed by atoms with E-state index in [2.05, 4.69) is 41.3 Å². The summed E-state index contributed by atoms with van der Waals surface area (Å²) in [4.78, 5) is 0.151. The zero-order valence-electron chi connectivity index (χ0n) is 18.3. The lowest BCUT2D eigenvalue weighted by Gasteiger charge is -2.13. The maximum atomic E-state index is 12.6. The van der Waals surface area contributed by atoms with Gasteiger partial charge in [0.2, 0.25) is 0 Å². The first-order valence-corrected chi connectivity index (χ1v) is 12.1. The van der Waals surface area contributed by atoms with Gasteiger partial charge in [-0.25, -0.2) is 8.42 Å². The van der Waals surface area contributed by atoms with E-state index in [9.17, 15) is 8.42 Å². The largest absolute Gasteiger partial charge is 0.497 e. The van der Waals surface area contributed by atoms with Crippen LogP contribution in [-0.2, 0) is 10.0 Å². The number of rotatable bonds is 8. The number of anilines is 3. The van der Waals surface area contributed by atoms with Gasteiger partial charge in [-0.05, 0) is 90.8 Å². The number of methoxy groups -OCH3 is 1. The summed E-state index contributed by atoms with van der Waals surface area (Å²) < 4.78 is 32.9. The van der Waals surface area contributed by atoms with Crippen molar-refractivity contribution in [3.05, 3.63) is 78.4 Å². The van der Waals surface area contributed by atoms with Gasteiger partial charge in [0.25, 0.3) is 10.0 Å². The zero-order chi connectivity index (χ0) is 23.1. The van der Waals surface area contributed by atoms with Gasteiger partial charge in [0.1, 0.15) is 5.75 Å². The molecule has 1 atom stereocenters. The van der Waals surface area contributed by atoms with Crippen LogP contribution in [0, 0.1) is 0 Å². The Morgan fingerprint density at radius 2 is 1.38 bits per heavy atom. The summed E-state index contributed by atoms with van der Waals surface area (Å²) in [5, 5.41) is 6.64. The van der Waals surface area contributed by atoms with Crippen molar-refractivity contribution in [2.45, 2.75) is 31.1 Å². The molecule has 0 aromatic heterocycles. The van der Waals surface area contributed by atoms with E-state index in [-0.39, 0.29) is 4.90 Å². The first-order valence-electron chi connectivity index (χ1n) is 10.3. The van der Waals surface area contributed by atoms with Gasteiger partial charge >= 0.3 is 0 Å². The summed E-state index contributed by atoms with van der Waals surface area (Å²) in [6.45, 7) is 4.37. The first kappa shape index (κ1) is 23.6. The van der Waals surface area contributed by atoms with Gasteiger partial charge < -0.3 is 15.4 Å². The van der Waals surface area contributed by atoms with Crippen LogP contribution < -0.4 is 20.1 Å². The summed E-state index contributed by atoms with van der Waals surface area (Å²) in [5.41, 5.74) is 3.31. The van der Waals surface area contributed by atoms with Gasteiger partial charge in [-0.3, -0.25) is 4.72 Å². The van der Waals surface area contributed by atoms with Crippen LogP contribution in [-0.4, -0.2) is 20.6 Å². The fraction of sp³-hybridized carbons (Fsp3) is 0.208. The van der Waals surface area contributed by atoms with Gasteiger partial charge in [-0.15, -0.1) is 0 Å². The van der Waals surface area contributed by atoms with Crippen LogP contribution in [0.4, 0.5) is 17.1 Å². The molecule has 6 nitrogen and oxygen atoms in total. The molecule has 0 bridgehead atoms. The minimum absolute atomic E-state index is 0.151. The van der Waals surface area contributed by atoms with Crippen LogP contribution in [0.3, 0.4) is 0 Å². The van der Waals surface area contributed by atoms with E-state index in [1.165, 1.54) is 17.7 Å². The van der Waals surface area contributed by atoms with Crippen LogP contribution in [0.1, 0.15) is 31.7 Å². The Kier molecular flexibility index (Phi) is 7.71. The summed E-state index contributed by atoms with van der Waals surface area (Å²) in [5.74, 6) is 1.17. The number of ether oxygens (including phenoxy) is 1. The Morgan fingerprint density at radius 1 is 0.875 bits per heavy atom. The Labute approximate surface area is 195 Å². The zero-order valence-corrected chi connectivity index (χ0v) is 19.9. The predicted octanol–water partition coefficient (Wildman–Crippen LogP) is 5.82. The van der Waals surface area contributed by atoms with Crippen LogP contribution in [0.2, 0.25) is 0 Å². The molecule has 3 aromatic rings. The van der Waals surface area contributed by atoms with Gasteiger partial charge in [-0.1, -0.05) is 26.0 Å². The summed E-state index contributed by atoms with van der Waals surface area (Å²) in [7, 11) is -2.15. The molecule has 0 saturated carbocycles. The summed E-state index contributed by atoms with van der Waals surface area (Å²) in [6.07, 6.45) is 1.09. The van der Waals surface area contributed by atoms with E-state index in [1.807, 2.05) is 12.1 Å². The molecule has 32 heavy (non-hydrogen) atoms. The highest BCUT2D eigenvalue weighted by Gasteiger charge is 2.14. The highest BCUT2D eigenvalue weighted by atomic mass is 32.2. The van der Waals surface area contributed by atoms with Crippen molar-refractivity contribution in [1.82, 2.24) is 0 Å². The molecule has 168 valence electrons. The minimum Gasteiger partial charge on any atom is -0.497 e. The van der Waals surface area contributed by atoms with Crippen molar-refractivity contribution in [1.29, 1.82) is 0 Å². The molecule has 0 spiro atoms. The van der Waals surface area contributed by atoms with Crippen LogP contribution in [0.25, 0.3) is 0 Å². The van der Waals surface area contributed by atoms with Crippen molar-refractivity contribution in [3.63, 3.8) is 0 Å². The smallest absolute Gasteiger partial charge is 0.261 e. The average molecular weight is 470 g/mol. The molecule has 3 N–H and O–H groups in total. The molecular weight excluding hydrogens is 442 g/mol. The molecule has 8 heteroatoms. The molecule has 0 aliphatic heterocycles. The Morgan fingerprint density at radius 3 is 1.88 bits per heavy atom. The van der Waals surface area contributed by atoms with Crippen molar-refractivity contribution in [3.8, 4) is 5.75 Å². The highest BCUT2D eigenvalue weighted by molar-refractivity contribution is 7.92. The second kappa shape index (κ2) is 10.5. The van der Waals surface area contributed by atoms with E-state index < -0.39 is 10.0 Å². The Hall–Kier alpha value is -3.10. The molecule has 0 aliphatic carbocycles.